The number of benzene rings is 2. The first-order valence-electron chi connectivity index (χ1n) is 6.59. The van der Waals surface area contributed by atoms with Gasteiger partial charge in [-0.25, -0.2) is 0 Å². The maximum atomic E-state index is 12.5. The van der Waals surface area contributed by atoms with Crippen molar-refractivity contribution in [2.45, 2.75) is 20.0 Å². The van der Waals surface area contributed by atoms with Crippen LogP contribution < -0.4 is 10.6 Å². The van der Waals surface area contributed by atoms with E-state index in [1.165, 1.54) is 12.1 Å². The summed E-state index contributed by atoms with van der Waals surface area (Å²) >= 11 is 5.18. The van der Waals surface area contributed by atoms with E-state index in [2.05, 4.69) is 10.6 Å². The van der Waals surface area contributed by atoms with Crippen LogP contribution in [0.25, 0.3) is 0 Å². The van der Waals surface area contributed by atoms with Crippen LogP contribution in [0.5, 0.6) is 0 Å². The first kappa shape index (κ1) is 16.3. The molecule has 0 amide bonds. The van der Waals surface area contributed by atoms with E-state index in [0.717, 1.165) is 28.9 Å². The quantitative estimate of drug-likeness (QED) is 0.749. The highest BCUT2D eigenvalue weighted by molar-refractivity contribution is 7.80. The molecule has 0 aliphatic rings. The molecule has 0 saturated carbocycles. The van der Waals surface area contributed by atoms with Gasteiger partial charge >= 0.3 is 6.18 Å². The highest BCUT2D eigenvalue weighted by Crippen LogP contribution is 2.29. The fourth-order valence-corrected chi connectivity index (χ4v) is 2.14. The minimum absolute atomic E-state index is 0.327. The predicted molar refractivity (Wildman–Crippen MR) is 87.2 cm³/mol. The van der Waals surface area contributed by atoms with E-state index in [-0.39, 0.29) is 0 Å². The van der Waals surface area contributed by atoms with Crippen LogP contribution in [-0.2, 0) is 6.18 Å². The minimum Gasteiger partial charge on any atom is -0.332 e. The number of thiocarbonyl (C=S) groups is 1. The molecule has 0 fully saturated rings. The van der Waals surface area contributed by atoms with Crippen LogP contribution in [0.3, 0.4) is 0 Å². The average Bonchev–Trinajstić information content (AvgIpc) is 2.43. The molecule has 0 aliphatic heterocycles. The molecule has 2 nitrogen and oxygen atoms in total. The van der Waals surface area contributed by atoms with Crippen molar-refractivity contribution >= 4 is 28.7 Å². The normalized spacial score (nSPS) is 11.1. The van der Waals surface area contributed by atoms with Crippen molar-refractivity contribution in [2.75, 3.05) is 10.6 Å². The van der Waals surface area contributed by atoms with E-state index in [0.29, 0.717) is 10.8 Å². The van der Waals surface area contributed by atoms with E-state index in [4.69, 9.17) is 12.2 Å². The zero-order chi connectivity index (χ0) is 16.3. The topological polar surface area (TPSA) is 24.1 Å². The molecule has 22 heavy (non-hydrogen) atoms. The van der Waals surface area contributed by atoms with Crippen molar-refractivity contribution in [3.8, 4) is 0 Å². The first-order chi connectivity index (χ1) is 10.3. The van der Waals surface area contributed by atoms with Gasteiger partial charge in [0.25, 0.3) is 0 Å². The molecule has 116 valence electrons. The molecule has 6 heteroatoms. The van der Waals surface area contributed by atoms with Crippen LogP contribution in [0.1, 0.15) is 16.7 Å². The number of hydrogen-bond donors (Lipinski definition) is 2. The van der Waals surface area contributed by atoms with Crippen LogP contribution in [0.2, 0.25) is 0 Å². The molecular weight excluding hydrogens is 309 g/mol. The summed E-state index contributed by atoms with van der Waals surface area (Å²) in [4.78, 5) is 0. The lowest BCUT2D eigenvalue weighted by Gasteiger charge is -2.14. The first-order valence-corrected chi connectivity index (χ1v) is 6.99. The minimum atomic E-state index is -4.34. The number of aryl methyl sites for hydroxylation is 1. The number of anilines is 2. The molecular formula is C16H15F3N2S. The van der Waals surface area contributed by atoms with Crippen molar-refractivity contribution in [3.05, 3.63) is 59.2 Å². The summed E-state index contributed by atoms with van der Waals surface area (Å²) < 4.78 is 37.5. The Morgan fingerprint density at radius 1 is 0.955 bits per heavy atom. The van der Waals surface area contributed by atoms with Crippen LogP contribution in [0.15, 0.2) is 42.5 Å². The summed E-state index contributed by atoms with van der Waals surface area (Å²) in [5, 5.41) is 6.24. The maximum Gasteiger partial charge on any atom is 0.416 e. The zero-order valence-corrected chi connectivity index (χ0v) is 12.9. The van der Waals surface area contributed by atoms with E-state index < -0.39 is 11.7 Å². The van der Waals surface area contributed by atoms with Gasteiger partial charge in [-0.1, -0.05) is 12.1 Å². The van der Waals surface area contributed by atoms with Crippen molar-refractivity contribution in [3.63, 3.8) is 0 Å². The van der Waals surface area contributed by atoms with Gasteiger partial charge in [-0.2, -0.15) is 13.2 Å². The lowest BCUT2D eigenvalue weighted by atomic mass is 10.1. The van der Waals surface area contributed by atoms with E-state index >= 15 is 0 Å². The molecule has 0 radical (unpaired) electrons. The molecule has 0 spiro atoms. The van der Waals surface area contributed by atoms with Gasteiger partial charge in [0.2, 0.25) is 0 Å². The summed E-state index contributed by atoms with van der Waals surface area (Å²) in [7, 11) is 0. The summed E-state index contributed by atoms with van der Waals surface area (Å²) in [5.74, 6) is 0. The Kier molecular flexibility index (Phi) is 4.71. The Bertz CT molecular complexity index is 679. The Labute approximate surface area is 132 Å². The molecule has 0 aliphatic carbocycles. The standard InChI is InChI=1S/C16H15F3N2S/c1-10-4-3-5-14(11(10)2)21-15(22)20-13-8-6-12(7-9-13)16(17,18)19/h3-9H,1-2H3,(H2,20,21,22). The van der Waals surface area contributed by atoms with Crippen molar-refractivity contribution in [1.82, 2.24) is 0 Å². The van der Waals surface area contributed by atoms with Gasteiger partial charge in [-0.15, -0.1) is 0 Å². The molecule has 0 aromatic heterocycles. The largest absolute Gasteiger partial charge is 0.416 e. The molecule has 0 unspecified atom stereocenters. The Hall–Kier alpha value is -2.08. The Morgan fingerprint density at radius 3 is 2.18 bits per heavy atom. The number of nitrogens with one attached hydrogen (secondary N) is 2. The summed E-state index contributed by atoms with van der Waals surface area (Å²) in [5.41, 5.74) is 2.87. The van der Waals surface area contributed by atoms with E-state index in [1.54, 1.807) is 0 Å². The molecule has 0 atom stereocenters. The van der Waals surface area contributed by atoms with Gasteiger partial charge in [0.1, 0.15) is 0 Å². The van der Waals surface area contributed by atoms with Gasteiger partial charge in [0, 0.05) is 11.4 Å². The van der Waals surface area contributed by atoms with Crippen LogP contribution >= 0.6 is 12.2 Å². The lowest BCUT2D eigenvalue weighted by molar-refractivity contribution is -0.137. The SMILES string of the molecule is Cc1cccc(NC(=S)Nc2ccc(C(F)(F)F)cc2)c1C. The lowest BCUT2D eigenvalue weighted by Crippen LogP contribution is -2.19. The third kappa shape index (κ3) is 3.98. The molecule has 2 rings (SSSR count). The van der Waals surface area contributed by atoms with E-state index in [1.807, 2.05) is 32.0 Å². The van der Waals surface area contributed by atoms with Gasteiger partial charge in [-0.3, -0.25) is 0 Å². The number of halogens is 3. The van der Waals surface area contributed by atoms with Crippen molar-refractivity contribution < 1.29 is 13.2 Å². The molecule has 0 heterocycles. The van der Waals surface area contributed by atoms with Crippen LogP contribution in [0, 0.1) is 13.8 Å². The summed E-state index contributed by atoms with van der Waals surface area (Å²) in [6.07, 6.45) is -4.34. The highest BCUT2D eigenvalue weighted by atomic mass is 32.1. The van der Waals surface area contributed by atoms with Gasteiger partial charge in [0.15, 0.2) is 5.11 Å². The summed E-state index contributed by atoms with van der Waals surface area (Å²) in [6.45, 7) is 3.96. The predicted octanol–water partition coefficient (Wildman–Crippen LogP) is 5.13. The molecule has 0 bridgehead atoms. The third-order valence-corrected chi connectivity index (χ3v) is 3.53. The van der Waals surface area contributed by atoms with Gasteiger partial charge in [-0.05, 0) is 67.5 Å². The zero-order valence-electron chi connectivity index (χ0n) is 12.1. The molecule has 2 aromatic carbocycles. The fourth-order valence-electron chi connectivity index (χ4n) is 1.91. The number of alkyl halides is 3. The Balaban J connectivity index is 2.05. The fraction of sp³-hybridized carbons (Fsp3) is 0.188. The monoisotopic (exact) mass is 324 g/mol. The number of hydrogen-bond acceptors (Lipinski definition) is 1. The van der Waals surface area contributed by atoms with Gasteiger partial charge < -0.3 is 10.6 Å². The molecule has 0 saturated heterocycles. The average molecular weight is 324 g/mol. The van der Waals surface area contributed by atoms with Crippen molar-refractivity contribution in [2.24, 2.45) is 0 Å². The van der Waals surface area contributed by atoms with Crippen molar-refractivity contribution in [1.29, 1.82) is 0 Å². The third-order valence-electron chi connectivity index (χ3n) is 3.32. The van der Waals surface area contributed by atoms with Crippen LogP contribution in [0.4, 0.5) is 24.5 Å². The highest BCUT2D eigenvalue weighted by Gasteiger charge is 2.29. The second-order valence-corrected chi connectivity index (χ2v) is 5.31. The molecule has 2 N–H and O–H groups in total. The Morgan fingerprint density at radius 2 is 1.59 bits per heavy atom. The second-order valence-electron chi connectivity index (χ2n) is 4.90. The van der Waals surface area contributed by atoms with Crippen LogP contribution in [-0.4, -0.2) is 5.11 Å². The molecule has 2 aromatic rings. The number of rotatable bonds is 2. The van der Waals surface area contributed by atoms with Gasteiger partial charge in [0.05, 0.1) is 5.56 Å². The summed E-state index contributed by atoms with van der Waals surface area (Å²) in [6, 6.07) is 10.5. The second kappa shape index (κ2) is 6.36. The van der Waals surface area contributed by atoms with E-state index in [9.17, 15) is 13.2 Å². The smallest absolute Gasteiger partial charge is 0.332 e. The maximum absolute atomic E-state index is 12.5.